The van der Waals surface area contributed by atoms with Crippen LogP contribution >= 0.6 is 0 Å². The van der Waals surface area contributed by atoms with Crippen molar-refractivity contribution in [3.63, 3.8) is 0 Å². The molecule has 0 bridgehead atoms. The highest BCUT2D eigenvalue weighted by Gasteiger charge is 2.10. The number of hydrogen-bond acceptors (Lipinski definition) is 2. The van der Waals surface area contributed by atoms with Crippen LogP contribution in [-0.4, -0.2) is 18.6 Å². The van der Waals surface area contributed by atoms with Crippen LogP contribution in [0.15, 0.2) is 35.5 Å². The van der Waals surface area contributed by atoms with Crippen LogP contribution in [0.5, 0.6) is 0 Å². The van der Waals surface area contributed by atoms with Gasteiger partial charge in [-0.15, -0.1) is 0 Å². The molecule has 3 N–H and O–H groups in total. The molecule has 0 amide bonds. The number of aliphatic imine (C=N–C) groups is 1. The Morgan fingerprint density at radius 1 is 1.47 bits per heavy atom. The third-order valence-corrected chi connectivity index (χ3v) is 2.68. The summed E-state index contributed by atoms with van der Waals surface area (Å²) in [6.45, 7) is 0.375. The summed E-state index contributed by atoms with van der Waals surface area (Å²) >= 11 is 0. The fourth-order valence-corrected chi connectivity index (χ4v) is 1.69. The van der Waals surface area contributed by atoms with E-state index >= 15 is 0 Å². The molecule has 1 aliphatic rings. The molecule has 19 heavy (non-hydrogen) atoms. The molecule has 0 aromatic heterocycles. The molecule has 1 atom stereocenters. The predicted molar refractivity (Wildman–Crippen MR) is 69.7 cm³/mol. The molecule has 1 aliphatic heterocycles. The second kappa shape index (κ2) is 6.17. The van der Waals surface area contributed by atoms with Crippen molar-refractivity contribution in [3.05, 3.63) is 42.2 Å². The summed E-state index contributed by atoms with van der Waals surface area (Å²) in [6, 6.07) is 3.09. The molecule has 6 heteroatoms. The number of ether oxygens (including phenoxy) is 1. The van der Waals surface area contributed by atoms with E-state index in [9.17, 15) is 8.78 Å². The van der Waals surface area contributed by atoms with Crippen LogP contribution in [0.25, 0.3) is 0 Å². The number of nitrogens with one attached hydrogen (secondary N) is 1. The highest BCUT2D eigenvalue weighted by molar-refractivity contribution is 5.92. The van der Waals surface area contributed by atoms with Crippen molar-refractivity contribution in [1.82, 2.24) is 0 Å². The van der Waals surface area contributed by atoms with Crippen molar-refractivity contribution in [3.8, 4) is 0 Å². The van der Waals surface area contributed by atoms with Crippen molar-refractivity contribution in [2.75, 3.05) is 11.9 Å². The number of guanidine groups is 1. The van der Waals surface area contributed by atoms with Gasteiger partial charge >= 0.3 is 0 Å². The number of benzene rings is 1. The van der Waals surface area contributed by atoms with Gasteiger partial charge in [-0.05, 0) is 31.1 Å². The van der Waals surface area contributed by atoms with Gasteiger partial charge in [-0.2, -0.15) is 0 Å². The number of halogens is 2. The number of nitrogens with two attached hydrogens (primary N) is 1. The SMILES string of the molecule is NC(=NCC1CCC=CO1)Nc1cc(F)ccc1F. The minimum atomic E-state index is -0.587. The van der Waals surface area contributed by atoms with E-state index in [1.807, 2.05) is 6.08 Å². The number of allylic oxidation sites excluding steroid dienone is 1. The summed E-state index contributed by atoms with van der Waals surface area (Å²) in [5, 5.41) is 2.53. The molecule has 2 rings (SSSR count). The molecule has 0 radical (unpaired) electrons. The summed E-state index contributed by atoms with van der Waals surface area (Å²) in [5.41, 5.74) is 5.58. The molecule has 1 aromatic rings. The molecule has 102 valence electrons. The number of hydrogen-bond donors (Lipinski definition) is 2. The average molecular weight is 267 g/mol. The van der Waals surface area contributed by atoms with Gasteiger partial charge in [-0.25, -0.2) is 13.8 Å². The topological polar surface area (TPSA) is 59.6 Å². The van der Waals surface area contributed by atoms with E-state index in [2.05, 4.69) is 10.3 Å². The zero-order valence-corrected chi connectivity index (χ0v) is 10.3. The monoisotopic (exact) mass is 267 g/mol. The average Bonchev–Trinajstić information content (AvgIpc) is 2.42. The van der Waals surface area contributed by atoms with E-state index in [1.165, 1.54) is 0 Å². The number of anilines is 1. The predicted octanol–water partition coefficient (Wildman–Crippen LogP) is 2.38. The maximum absolute atomic E-state index is 13.4. The first kappa shape index (κ1) is 13.3. The Kier molecular flexibility index (Phi) is 4.33. The van der Waals surface area contributed by atoms with Crippen molar-refractivity contribution < 1.29 is 13.5 Å². The summed E-state index contributed by atoms with van der Waals surface area (Å²) in [7, 11) is 0. The molecule has 0 saturated heterocycles. The lowest BCUT2D eigenvalue weighted by atomic mass is 10.2. The van der Waals surface area contributed by atoms with Crippen molar-refractivity contribution in [2.24, 2.45) is 10.7 Å². The maximum atomic E-state index is 13.4. The number of nitrogens with zero attached hydrogens (tertiary/aromatic N) is 1. The first-order valence-corrected chi connectivity index (χ1v) is 5.97. The van der Waals surface area contributed by atoms with Crippen molar-refractivity contribution >= 4 is 11.6 Å². The molecule has 0 saturated carbocycles. The molecular formula is C13H15F2N3O. The molecule has 0 fully saturated rings. The Morgan fingerprint density at radius 2 is 2.32 bits per heavy atom. The minimum Gasteiger partial charge on any atom is -0.496 e. The van der Waals surface area contributed by atoms with Gasteiger partial charge < -0.3 is 15.8 Å². The van der Waals surface area contributed by atoms with Crippen molar-refractivity contribution in [1.29, 1.82) is 0 Å². The Labute approximate surface area is 110 Å². The summed E-state index contributed by atoms with van der Waals surface area (Å²) in [6.07, 6.45) is 5.35. The Hall–Kier alpha value is -2.11. The molecular weight excluding hydrogens is 252 g/mol. The van der Waals surface area contributed by atoms with E-state index < -0.39 is 11.6 Å². The summed E-state index contributed by atoms with van der Waals surface area (Å²) in [5.74, 6) is -1.10. The Balaban J connectivity index is 1.94. The molecule has 1 heterocycles. The Bertz CT molecular complexity index is 503. The molecule has 1 aromatic carbocycles. The smallest absolute Gasteiger partial charge is 0.193 e. The molecule has 4 nitrogen and oxygen atoms in total. The minimum absolute atomic E-state index is 0.0253. The first-order valence-electron chi connectivity index (χ1n) is 5.97. The second-order valence-electron chi connectivity index (χ2n) is 4.18. The van der Waals surface area contributed by atoms with Crippen LogP contribution in [0.3, 0.4) is 0 Å². The Morgan fingerprint density at radius 3 is 3.05 bits per heavy atom. The molecule has 0 spiro atoms. The standard InChI is InChI=1S/C13H15F2N3O/c14-9-4-5-11(15)12(7-9)18-13(16)17-8-10-3-1-2-6-19-10/h2,4-7,10H,1,3,8H2,(H3,16,17,18). The largest absolute Gasteiger partial charge is 0.496 e. The highest BCUT2D eigenvalue weighted by Crippen LogP contribution is 2.15. The third-order valence-electron chi connectivity index (χ3n) is 2.68. The van der Waals surface area contributed by atoms with Crippen LogP contribution in [0.1, 0.15) is 12.8 Å². The fraction of sp³-hybridized carbons (Fsp3) is 0.308. The van der Waals surface area contributed by atoms with Crippen molar-refractivity contribution in [2.45, 2.75) is 18.9 Å². The lowest BCUT2D eigenvalue weighted by molar-refractivity contribution is 0.131. The molecule has 0 aliphatic carbocycles. The van der Waals surface area contributed by atoms with Gasteiger partial charge in [-0.3, -0.25) is 0 Å². The van der Waals surface area contributed by atoms with Crippen LogP contribution in [0.4, 0.5) is 14.5 Å². The second-order valence-corrected chi connectivity index (χ2v) is 4.18. The van der Waals surface area contributed by atoms with E-state index in [-0.39, 0.29) is 17.8 Å². The highest BCUT2D eigenvalue weighted by atomic mass is 19.1. The van der Waals surface area contributed by atoms with Crippen LogP contribution in [0, 0.1) is 11.6 Å². The summed E-state index contributed by atoms with van der Waals surface area (Å²) in [4.78, 5) is 4.05. The van der Waals surface area contributed by atoms with Crippen LogP contribution < -0.4 is 11.1 Å². The lowest BCUT2D eigenvalue weighted by Gasteiger charge is -2.17. The van der Waals surface area contributed by atoms with Gasteiger partial charge in [0.25, 0.3) is 0 Å². The fourth-order valence-electron chi connectivity index (χ4n) is 1.69. The van der Waals surface area contributed by atoms with E-state index in [4.69, 9.17) is 10.5 Å². The van der Waals surface area contributed by atoms with Gasteiger partial charge in [0.15, 0.2) is 5.96 Å². The van der Waals surface area contributed by atoms with Crippen LogP contribution in [-0.2, 0) is 4.74 Å². The van der Waals surface area contributed by atoms with Gasteiger partial charge in [0, 0.05) is 6.07 Å². The zero-order valence-electron chi connectivity index (χ0n) is 10.3. The van der Waals surface area contributed by atoms with E-state index in [1.54, 1.807) is 6.26 Å². The normalized spacial score (nSPS) is 19.1. The van der Waals surface area contributed by atoms with Gasteiger partial charge in [0.05, 0.1) is 18.5 Å². The quantitative estimate of drug-likeness (QED) is 0.653. The van der Waals surface area contributed by atoms with Gasteiger partial charge in [-0.1, -0.05) is 0 Å². The van der Waals surface area contributed by atoms with Crippen LogP contribution in [0.2, 0.25) is 0 Å². The lowest BCUT2D eigenvalue weighted by Crippen LogP contribution is -2.26. The van der Waals surface area contributed by atoms with Gasteiger partial charge in [0.1, 0.15) is 17.7 Å². The zero-order chi connectivity index (χ0) is 13.7. The summed E-state index contributed by atoms with van der Waals surface area (Å²) < 4.78 is 31.6. The number of rotatable bonds is 3. The first-order chi connectivity index (χ1) is 9.15. The van der Waals surface area contributed by atoms with E-state index in [0.717, 1.165) is 31.0 Å². The van der Waals surface area contributed by atoms with E-state index in [0.29, 0.717) is 6.54 Å². The third kappa shape index (κ3) is 3.94. The van der Waals surface area contributed by atoms with Gasteiger partial charge in [0.2, 0.25) is 0 Å². The molecule has 1 unspecified atom stereocenters. The maximum Gasteiger partial charge on any atom is 0.193 e.